The van der Waals surface area contributed by atoms with Gasteiger partial charge in [-0.15, -0.1) is 11.8 Å². The molecule has 106 valence electrons. The molecule has 0 spiro atoms. The van der Waals surface area contributed by atoms with E-state index in [2.05, 4.69) is 18.7 Å². The number of rotatable bonds is 7. The maximum absolute atomic E-state index is 12.2. The van der Waals surface area contributed by atoms with Gasteiger partial charge in [0.15, 0.2) is 0 Å². The van der Waals surface area contributed by atoms with Crippen LogP contribution in [0.1, 0.15) is 52.4 Å². The van der Waals surface area contributed by atoms with Crippen molar-refractivity contribution >= 4 is 17.7 Å². The lowest BCUT2D eigenvalue weighted by Crippen LogP contribution is -2.42. The standard InChI is InChI=1S/C14H27NO2S/c1-3-15(13-7-5-4-6-8-13)14(17)11-18-12(2)9-10-16/h12-13,16H,3-11H2,1-2H3. The number of aliphatic hydroxyl groups is 1. The van der Waals surface area contributed by atoms with Gasteiger partial charge in [0, 0.05) is 24.4 Å². The van der Waals surface area contributed by atoms with E-state index >= 15 is 0 Å². The van der Waals surface area contributed by atoms with Crippen LogP contribution in [0.5, 0.6) is 0 Å². The van der Waals surface area contributed by atoms with Gasteiger partial charge in [0.05, 0.1) is 5.75 Å². The van der Waals surface area contributed by atoms with Crippen molar-refractivity contribution in [3.05, 3.63) is 0 Å². The molecular formula is C14H27NO2S. The van der Waals surface area contributed by atoms with Crippen LogP contribution in [0.25, 0.3) is 0 Å². The van der Waals surface area contributed by atoms with Crippen LogP contribution in [0.15, 0.2) is 0 Å². The van der Waals surface area contributed by atoms with Gasteiger partial charge in [-0.2, -0.15) is 0 Å². The third kappa shape index (κ3) is 5.19. The summed E-state index contributed by atoms with van der Waals surface area (Å²) in [6.45, 7) is 5.19. The van der Waals surface area contributed by atoms with Crippen LogP contribution in [0.2, 0.25) is 0 Å². The molecule has 1 atom stereocenters. The Morgan fingerprint density at radius 2 is 2.06 bits per heavy atom. The maximum atomic E-state index is 12.2. The van der Waals surface area contributed by atoms with Crippen molar-refractivity contribution in [1.82, 2.24) is 4.90 Å². The van der Waals surface area contributed by atoms with Crippen LogP contribution in [-0.2, 0) is 4.79 Å². The fraction of sp³-hybridized carbons (Fsp3) is 0.929. The molecule has 18 heavy (non-hydrogen) atoms. The van der Waals surface area contributed by atoms with Crippen LogP contribution in [-0.4, -0.2) is 46.1 Å². The van der Waals surface area contributed by atoms with Crippen molar-refractivity contribution in [3.63, 3.8) is 0 Å². The zero-order valence-corrected chi connectivity index (χ0v) is 12.5. The molecule has 1 fully saturated rings. The van der Waals surface area contributed by atoms with Gasteiger partial charge in [0.2, 0.25) is 5.91 Å². The lowest BCUT2D eigenvalue weighted by atomic mass is 9.94. The molecule has 4 heteroatoms. The van der Waals surface area contributed by atoms with Gasteiger partial charge in [-0.05, 0) is 26.2 Å². The van der Waals surface area contributed by atoms with E-state index in [1.54, 1.807) is 11.8 Å². The average molecular weight is 273 g/mol. The summed E-state index contributed by atoms with van der Waals surface area (Å²) in [5.41, 5.74) is 0. The average Bonchev–Trinajstić information content (AvgIpc) is 2.39. The Morgan fingerprint density at radius 3 is 2.61 bits per heavy atom. The van der Waals surface area contributed by atoms with Gasteiger partial charge < -0.3 is 10.0 Å². The summed E-state index contributed by atoms with van der Waals surface area (Å²) in [6.07, 6.45) is 6.98. The molecule has 1 saturated carbocycles. The van der Waals surface area contributed by atoms with Gasteiger partial charge in [-0.25, -0.2) is 0 Å². The second-order valence-electron chi connectivity index (χ2n) is 5.11. The molecule has 1 rings (SSSR count). The van der Waals surface area contributed by atoms with E-state index in [0.717, 1.165) is 13.0 Å². The molecule has 0 saturated heterocycles. The van der Waals surface area contributed by atoms with E-state index in [-0.39, 0.29) is 12.5 Å². The molecule has 0 aromatic rings. The number of nitrogens with zero attached hydrogens (tertiary/aromatic N) is 1. The Bertz CT molecular complexity index is 242. The van der Waals surface area contributed by atoms with Crippen molar-refractivity contribution in [2.75, 3.05) is 18.9 Å². The largest absolute Gasteiger partial charge is 0.396 e. The Morgan fingerprint density at radius 1 is 1.39 bits per heavy atom. The van der Waals surface area contributed by atoms with Crippen LogP contribution < -0.4 is 0 Å². The Labute approximate surface area is 115 Å². The first kappa shape index (κ1) is 15.8. The number of hydrogen-bond donors (Lipinski definition) is 1. The van der Waals surface area contributed by atoms with E-state index in [9.17, 15) is 4.79 Å². The summed E-state index contributed by atoms with van der Waals surface area (Å²) >= 11 is 1.67. The minimum atomic E-state index is 0.211. The molecule has 0 aromatic carbocycles. The summed E-state index contributed by atoms with van der Waals surface area (Å²) < 4.78 is 0. The lowest BCUT2D eigenvalue weighted by molar-refractivity contribution is -0.131. The second kappa shape index (κ2) is 8.81. The second-order valence-corrected chi connectivity index (χ2v) is 6.53. The summed E-state index contributed by atoms with van der Waals surface area (Å²) in [4.78, 5) is 14.3. The predicted molar refractivity (Wildman–Crippen MR) is 77.9 cm³/mol. The Hall–Kier alpha value is -0.220. The molecule has 0 heterocycles. The summed E-state index contributed by atoms with van der Waals surface area (Å²) in [7, 11) is 0. The highest BCUT2D eigenvalue weighted by Crippen LogP contribution is 2.23. The molecule has 1 N–H and O–H groups in total. The minimum Gasteiger partial charge on any atom is -0.396 e. The van der Waals surface area contributed by atoms with Gasteiger partial charge in [-0.3, -0.25) is 4.79 Å². The smallest absolute Gasteiger partial charge is 0.232 e. The molecule has 3 nitrogen and oxygen atoms in total. The molecule has 1 unspecified atom stereocenters. The number of hydrogen-bond acceptors (Lipinski definition) is 3. The minimum absolute atomic E-state index is 0.211. The van der Waals surface area contributed by atoms with Crippen molar-refractivity contribution in [2.24, 2.45) is 0 Å². The molecule has 0 bridgehead atoms. The van der Waals surface area contributed by atoms with E-state index in [0.29, 0.717) is 17.0 Å². The first-order valence-corrected chi connectivity index (χ1v) is 8.25. The molecule has 1 amide bonds. The molecule has 1 aliphatic rings. The SMILES string of the molecule is CCN(C(=O)CSC(C)CCO)C1CCCCC1. The molecule has 0 aromatic heterocycles. The van der Waals surface area contributed by atoms with E-state index in [1.165, 1.54) is 32.1 Å². The van der Waals surface area contributed by atoms with Gasteiger partial charge in [0.1, 0.15) is 0 Å². The van der Waals surface area contributed by atoms with Gasteiger partial charge in [-0.1, -0.05) is 26.2 Å². The number of thioether (sulfide) groups is 1. The van der Waals surface area contributed by atoms with E-state index < -0.39 is 0 Å². The topological polar surface area (TPSA) is 40.5 Å². The number of aliphatic hydroxyl groups excluding tert-OH is 1. The number of carbonyl (C=O) groups is 1. The van der Waals surface area contributed by atoms with Crippen LogP contribution in [0.4, 0.5) is 0 Å². The monoisotopic (exact) mass is 273 g/mol. The molecular weight excluding hydrogens is 246 g/mol. The zero-order valence-electron chi connectivity index (χ0n) is 11.7. The number of carbonyl (C=O) groups excluding carboxylic acids is 1. The normalized spacial score (nSPS) is 18.6. The molecule has 0 aliphatic heterocycles. The van der Waals surface area contributed by atoms with Crippen LogP contribution >= 0.6 is 11.8 Å². The van der Waals surface area contributed by atoms with E-state index in [4.69, 9.17) is 5.11 Å². The predicted octanol–water partition coefficient (Wildman–Crippen LogP) is 2.67. The fourth-order valence-corrected chi connectivity index (χ4v) is 3.46. The third-order valence-corrected chi connectivity index (χ3v) is 4.92. The van der Waals surface area contributed by atoms with Crippen molar-refractivity contribution < 1.29 is 9.90 Å². The third-order valence-electron chi connectivity index (χ3n) is 3.70. The van der Waals surface area contributed by atoms with Crippen molar-refractivity contribution in [1.29, 1.82) is 0 Å². The lowest BCUT2D eigenvalue weighted by Gasteiger charge is -2.33. The van der Waals surface area contributed by atoms with Crippen molar-refractivity contribution in [2.45, 2.75) is 63.7 Å². The highest BCUT2D eigenvalue weighted by molar-refractivity contribution is 8.00. The molecule has 1 aliphatic carbocycles. The summed E-state index contributed by atoms with van der Waals surface area (Å²) in [5.74, 6) is 0.838. The highest BCUT2D eigenvalue weighted by atomic mass is 32.2. The highest BCUT2D eigenvalue weighted by Gasteiger charge is 2.24. The first-order chi connectivity index (χ1) is 8.69. The summed E-state index contributed by atoms with van der Waals surface area (Å²) in [5, 5.41) is 9.22. The first-order valence-electron chi connectivity index (χ1n) is 7.21. The van der Waals surface area contributed by atoms with E-state index in [1.807, 2.05) is 0 Å². The maximum Gasteiger partial charge on any atom is 0.232 e. The van der Waals surface area contributed by atoms with Gasteiger partial charge in [0.25, 0.3) is 0 Å². The fourth-order valence-electron chi connectivity index (χ4n) is 2.59. The Balaban J connectivity index is 2.36. The Kier molecular flexibility index (Phi) is 7.75. The van der Waals surface area contributed by atoms with Crippen LogP contribution in [0.3, 0.4) is 0 Å². The number of amides is 1. The quantitative estimate of drug-likeness (QED) is 0.775. The zero-order chi connectivity index (χ0) is 13.4. The van der Waals surface area contributed by atoms with Crippen LogP contribution in [0, 0.1) is 0 Å². The van der Waals surface area contributed by atoms with Gasteiger partial charge >= 0.3 is 0 Å². The summed E-state index contributed by atoms with van der Waals surface area (Å²) in [6, 6.07) is 0.477. The molecule has 0 radical (unpaired) electrons. The van der Waals surface area contributed by atoms with Crippen molar-refractivity contribution in [3.8, 4) is 0 Å².